The van der Waals surface area contributed by atoms with Crippen molar-refractivity contribution in [2.24, 2.45) is 7.05 Å². The number of amides is 1. The highest BCUT2D eigenvalue weighted by Crippen LogP contribution is 2.26. The molecule has 3 aromatic heterocycles. The van der Waals surface area contributed by atoms with E-state index < -0.39 is 0 Å². The van der Waals surface area contributed by atoms with Gasteiger partial charge in [0.1, 0.15) is 0 Å². The highest BCUT2D eigenvalue weighted by molar-refractivity contribution is 6.06. The molecular formula is C18H22N6O. The van der Waals surface area contributed by atoms with Crippen LogP contribution in [-0.2, 0) is 7.05 Å². The van der Waals surface area contributed by atoms with Gasteiger partial charge in [-0.2, -0.15) is 5.10 Å². The second kappa shape index (κ2) is 5.98. The van der Waals surface area contributed by atoms with E-state index >= 15 is 0 Å². The largest absolute Gasteiger partial charge is 0.337 e. The molecule has 1 saturated heterocycles. The third kappa shape index (κ3) is 2.69. The normalized spacial score (nSPS) is 18.0. The Morgan fingerprint density at radius 1 is 1.32 bits per heavy atom. The average Bonchev–Trinajstić information content (AvgIpc) is 3.23. The molecule has 1 atom stereocenters. The van der Waals surface area contributed by atoms with Crippen LogP contribution in [0.1, 0.15) is 40.6 Å². The van der Waals surface area contributed by atoms with Crippen LogP contribution >= 0.6 is 0 Å². The molecule has 0 aromatic carbocycles. The van der Waals surface area contributed by atoms with Gasteiger partial charge >= 0.3 is 0 Å². The number of rotatable bonds is 2. The van der Waals surface area contributed by atoms with Crippen LogP contribution in [0.25, 0.3) is 11.0 Å². The second-order valence-corrected chi connectivity index (χ2v) is 6.78. The first kappa shape index (κ1) is 15.8. The van der Waals surface area contributed by atoms with E-state index in [1.165, 1.54) is 0 Å². The van der Waals surface area contributed by atoms with E-state index in [2.05, 4.69) is 19.6 Å². The summed E-state index contributed by atoms with van der Waals surface area (Å²) >= 11 is 0. The first-order valence-corrected chi connectivity index (χ1v) is 8.62. The zero-order valence-electron chi connectivity index (χ0n) is 14.8. The maximum Gasteiger partial charge on any atom is 0.254 e. The summed E-state index contributed by atoms with van der Waals surface area (Å²) in [7, 11) is 1.87. The van der Waals surface area contributed by atoms with Crippen LogP contribution in [0.3, 0.4) is 0 Å². The standard InChI is InChI=1S/C18H22N6O/c1-12-9-15(16-13(2)21-22(3)17(16)20-12)18(25)23-7-4-5-14(10-23)24-8-6-19-11-24/h6,8-9,11,14H,4-5,7,10H2,1-3H3. The fraction of sp³-hybridized carbons (Fsp3) is 0.444. The van der Waals surface area contributed by atoms with Crippen LogP contribution in [0.5, 0.6) is 0 Å². The summed E-state index contributed by atoms with van der Waals surface area (Å²) in [5.74, 6) is 0.0661. The number of hydrogen-bond donors (Lipinski definition) is 0. The first-order chi connectivity index (χ1) is 12.0. The van der Waals surface area contributed by atoms with Crippen LogP contribution in [0.4, 0.5) is 0 Å². The van der Waals surface area contributed by atoms with Gasteiger partial charge in [0.25, 0.3) is 5.91 Å². The lowest BCUT2D eigenvalue weighted by atomic mass is 10.0. The minimum atomic E-state index is 0.0661. The Labute approximate surface area is 146 Å². The van der Waals surface area contributed by atoms with E-state index in [4.69, 9.17) is 0 Å². The molecule has 0 aliphatic carbocycles. The third-order valence-corrected chi connectivity index (χ3v) is 4.96. The van der Waals surface area contributed by atoms with Crippen LogP contribution < -0.4 is 0 Å². The number of piperidine rings is 1. The van der Waals surface area contributed by atoms with Crippen molar-refractivity contribution in [3.05, 3.63) is 41.7 Å². The summed E-state index contributed by atoms with van der Waals surface area (Å²) in [5.41, 5.74) is 3.15. The summed E-state index contributed by atoms with van der Waals surface area (Å²) in [5, 5.41) is 5.31. The smallest absolute Gasteiger partial charge is 0.254 e. The van der Waals surface area contributed by atoms with Crippen molar-refractivity contribution in [2.75, 3.05) is 13.1 Å². The zero-order chi connectivity index (χ0) is 17.6. The number of carbonyl (C=O) groups excluding carboxylic acids is 1. The molecule has 1 amide bonds. The molecular weight excluding hydrogens is 316 g/mol. The molecule has 0 N–H and O–H groups in total. The Morgan fingerprint density at radius 3 is 2.92 bits per heavy atom. The van der Waals surface area contributed by atoms with Crippen LogP contribution in [0, 0.1) is 13.8 Å². The number of pyridine rings is 1. The topological polar surface area (TPSA) is 68.8 Å². The molecule has 1 aliphatic rings. The number of nitrogens with zero attached hydrogens (tertiary/aromatic N) is 6. The van der Waals surface area contributed by atoms with Gasteiger partial charge in [0.05, 0.1) is 29.0 Å². The number of aromatic nitrogens is 5. The van der Waals surface area contributed by atoms with Crippen molar-refractivity contribution in [1.82, 2.24) is 29.2 Å². The summed E-state index contributed by atoms with van der Waals surface area (Å²) in [6.45, 7) is 5.34. The maximum atomic E-state index is 13.3. The molecule has 0 saturated carbocycles. The van der Waals surface area contributed by atoms with Gasteiger partial charge in [-0.15, -0.1) is 0 Å². The van der Waals surface area contributed by atoms with Crippen LogP contribution in [0.15, 0.2) is 24.8 Å². The highest BCUT2D eigenvalue weighted by atomic mass is 16.2. The summed E-state index contributed by atoms with van der Waals surface area (Å²) in [6, 6.07) is 2.17. The minimum Gasteiger partial charge on any atom is -0.337 e. The monoisotopic (exact) mass is 338 g/mol. The lowest BCUT2D eigenvalue weighted by Crippen LogP contribution is -2.40. The van der Waals surface area contributed by atoms with Gasteiger partial charge in [-0.05, 0) is 32.8 Å². The van der Waals surface area contributed by atoms with Crippen molar-refractivity contribution >= 4 is 16.9 Å². The van der Waals surface area contributed by atoms with E-state index in [1.807, 2.05) is 44.4 Å². The Hall–Kier alpha value is -2.70. The lowest BCUT2D eigenvalue weighted by Gasteiger charge is -2.33. The number of hydrogen-bond acceptors (Lipinski definition) is 4. The van der Waals surface area contributed by atoms with Gasteiger partial charge in [-0.25, -0.2) is 9.97 Å². The molecule has 130 valence electrons. The number of likely N-dealkylation sites (tertiary alicyclic amines) is 1. The molecule has 1 unspecified atom stereocenters. The molecule has 1 aliphatic heterocycles. The molecule has 0 spiro atoms. The fourth-order valence-electron chi connectivity index (χ4n) is 3.78. The Bertz CT molecular complexity index is 927. The minimum absolute atomic E-state index is 0.0661. The maximum absolute atomic E-state index is 13.3. The van der Waals surface area contributed by atoms with Crippen molar-refractivity contribution in [3.8, 4) is 0 Å². The van der Waals surface area contributed by atoms with E-state index in [0.717, 1.165) is 41.8 Å². The van der Waals surface area contributed by atoms with E-state index in [1.54, 1.807) is 10.9 Å². The molecule has 7 nitrogen and oxygen atoms in total. The van der Waals surface area contributed by atoms with E-state index in [9.17, 15) is 4.79 Å². The molecule has 7 heteroatoms. The van der Waals surface area contributed by atoms with Gasteiger partial charge in [0, 0.05) is 38.2 Å². The summed E-state index contributed by atoms with van der Waals surface area (Å²) in [4.78, 5) is 23.9. The predicted octanol–water partition coefficient (Wildman–Crippen LogP) is 2.26. The highest BCUT2D eigenvalue weighted by Gasteiger charge is 2.27. The van der Waals surface area contributed by atoms with Gasteiger partial charge in [0.2, 0.25) is 0 Å². The van der Waals surface area contributed by atoms with E-state index in [-0.39, 0.29) is 11.9 Å². The number of imidazole rings is 1. The number of fused-ring (bicyclic) bond motifs is 1. The fourth-order valence-corrected chi connectivity index (χ4v) is 3.78. The van der Waals surface area contributed by atoms with Gasteiger partial charge in [-0.3, -0.25) is 9.48 Å². The molecule has 3 aromatic rings. The molecule has 1 fully saturated rings. The molecule has 0 bridgehead atoms. The third-order valence-electron chi connectivity index (χ3n) is 4.96. The number of aryl methyl sites for hydroxylation is 3. The molecule has 0 radical (unpaired) electrons. The van der Waals surface area contributed by atoms with Gasteiger partial charge in [0.15, 0.2) is 5.65 Å². The SMILES string of the molecule is Cc1cc(C(=O)N2CCCC(n3ccnc3)C2)c2c(C)nn(C)c2n1. The average molecular weight is 338 g/mol. The lowest BCUT2D eigenvalue weighted by molar-refractivity contribution is 0.0681. The number of carbonyl (C=O) groups is 1. The van der Waals surface area contributed by atoms with Crippen LogP contribution in [-0.4, -0.2) is 48.2 Å². The van der Waals surface area contributed by atoms with Gasteiger partial charge < -0.3 is 9.47 Å². The molecule has 25 heavy (non-hydrogen) atoms. The van der Waals surface area contributed by atoms with Crippen molar-refractivity contribution in [1.29, 1.82) is 0 Å². The Morgan fingerprint density at radius 2 is 2.16 bits per heavy atom. The first-order valence-electron chi connectivity index (χ1n) is 8.62. The van der Waals surface area contributed by atoms with Gasteiger partial charge in [-0.1, -0.05) is 0 Å². The summed E-state index contributed by atoms with van der Waals surface area (Å²) < 4.78 is 3.85. The quantitative estimate of drug-likeness (QED) is 0.719. The summed E-state index contributed by atoms with van der Waals surface area (Å²) in [6.07, 6.45) is 7.65. The van der Waals surface area contributed by atoms with E-state index in [0.29, 0.717) is 12.1 Å². The second-order valence-electron chi connectivity index (χ2n) is 6.78. The molecule has 4 heterocycles. The van der Waals surface area contributed by atoms with Crippen molar-refractivity contribution < 1.29 is 4.79 Å². The Balaban J connectivity index is 1.70. The van der Waals surface area contributed by atoms with Crippen molar-refractivity contribution in [2.45, 2.75) is 32.7 Å². The zero-order valence-corrected chi connectivity index (χ0v) is 14.8. The Kier molecular flexibility index (Phi) is 3.78. The van der Waals surface area contributed by atoms with Crippen molar-refractivity contribution in [3.63, 3.8) is 0 Å². The predicted molar refractivity (Wildman–Crippen MR) is 94.4 cm³/mol. The molecule has 4 rings (SSSR count). The van der Waals surface area contributed by atoms with Crippen LogP contribution in [0.2, 0.25) is 0 Å².